The number of nitrogens with zero attached hydrogens (tertiary/aromatic N) is 1. The number of hydrazone groups is 1. The van der Waals surface area contributed by atoms with Gasteiger partial charge in [-0.05, 0) is 37.1 Å². The van der Waals surface area contributed by atoms with Crippen LogP contribution >= 0.6 is 0 Å². The first-order valence-corrected chi connectivity index (χ1v) is 6.94. The van der Waals surface area contributed by atoms with E-state index >= 15 is 0 Å². The molecular formula is C15H19N3O5. The number of carboxylic acid groups (broad SMARTS) is 1. The van der Waals surface area contributed by atoms with E-state index in [1.165, 1.54) is 25.5 Å². The summed E-state index contributed by atoms with van der Waals surface area (Å²) in [7, 11) is 1.37. The second kappa shape index (κ2) is 8.52. The van der Waals surface area contributed by atoms with Crippen molar-refractivity contribution in [2.24, 2.45) is 5.10 Å². The van der Waals surface area contributed by atoms with Crippen LogP contribution in [0, 0.1) is 0 Å². The van der Waals surface area contributed by atoms with E-state index in [-0.39, 0.29) is 17.4 Å². The molecule has 3 N–H and O–H groups in total. The fraction of sp³-hybridized carbons (Fsp3) is 0.333. The third-order valence-corrected chi connectivity index (χ3v) is 3.03. The highest BCUT2D eigenvalue weighted by Crippen LogP contribution is 2.18. The number of carbonyl (C=O) groups excluding carboxylic acids is 2. The van der Waals surface area contributed by atoms with Gasteiger partial charge in [-0.1, -0.05) is 6.92 Å². The maximum Gasteiger partial charge on any atom is 0.339 e. The van der Waals surface area contributed by atoms with E-state index in [0.717, 1.165) is 0 Å². The van der Waals surface area contributed by atoms with Gasteiger partial charge in [0.15, 0.2) is 0 Å². The van der Waals surface area contributed by atoms with Gasteiger partial charge in [-0.25, -0.2) is 10.2 Å². The lowest BCUT2D eigenvalue weighted by molar-refractivity contribution is -0.139. The number of ether oxygens (including phenoxy) is 1. The normalized spacial score (nSPS) is 11.8. The smallest absolute Gasteiger partial charge is 0.339 e. The molecule has 0 fully saturated rings. The van der Waals surface area contributed by atoms with Crippen molar-refractivity contribution < 1.29 is 24.2 Å². The summed E-state index contributed by atoms with van der Waals surface area (Å²) in [5.41, 5.74) is 2.48. The number of nitrogens with one attached hydrogen (secondary N) is 2. The van der Waals surface area contributed by atoms with Crippen molar-refractivity contribution in [3.05, 3.63) is 29.3 Å². The molecular weight excluding hydrogens is 302 g/mol. The first kappa shape index (κ1) is 18.1. The van der Waals surface area contributed by atoms with Crippen molar-refractivity contribution in [3.8, 4) is 5.75 Å². The zero-order valence-electron chi connectivity index (χ0n) is 13.1. The van der Waals surface area contributed by atoms with E-state index in [9.17, 15) is 14.4 Å². The maximum absolute atomic E-state index is 11.5. The maximum atomic E-state index is 11.5. The fourth-order valence-corrected chi connectivity index (χ4v) is 1.58. The highest BCUT2D eigenvalue weighted by molar-refractivity contribution is 6.35. The Kier molecular flexibility index (Phi) is 6.72. The number of benzene rings is 1. The van der Waals surface area contributed by atoms with Crippen LogP contribution in [-0.4, -0.2) is 42.3 Å². The molecule has 0 aliphatic rings. The summed E-state index contributed by atoms with van der Waals surface area (Å²) >= 11 is 0. The van der Waals surface area contributed by atoms with E-state index in [1.54, 1.807) is 13.0 Å². The summed E-state index contributed by atoms with van der Waals surface area (Å²) in [5.74, 6) is -2.60. The van der Waals surface area contributed by atoms with Gasteiger partial charge in [-0.15, -0.1) is 0 Å². The van der Waals surface area contributed by atoms with Crippen LogP contribution < -0.4 is 15.5 Å². The highest BCUT2D eigenvalue weighted by atomic mass is 16.5. The molecule has 0 aliphatic heterocycles. The minimum Gasteiger partial charge on any atom is -0.496 e. The molecule has 0 saturated heterocycles. The number of hydrogen-bond acceptors (Lipinski definition) is 5. The molecule has 1 rings (SSSR count). The lowest BCUT2D eigenvalue weighted by atomic mass is 10.1. The molecule has 0 bridgehead atoms. The summed E-state index contributed by atoms with van der Waals surface area (Å²) in [6.45, 7) is 3.66. The number of aromatic carboxylic acids is 1. The predicted octanol–water partition coefficient (Wildman–Crippen LogP) is 0.758. The Morgan fingerprint density at radius 1 is 1.35 bits per heavy atom. The average Bonchev–Trinajstić information content (AvgIpc) is 2.54. The molecule has 8 heteroatoms. The number of methoxy groups -OCH3 is 1. The van der Waals surface area contributed by atoms with Gasteiger partial charge in [0.1, 0.15) is 11.3 Å². The van der Waals surface area contributed by atoms with Gasteiger partial charge >= 0.3 is 17.8 Å². The molecule has 0 unspecified atom stereocenters. The third-order valence-electron chi connectivity index (χ3n) is 3.03. The molecule has 0 saturated carbocycles. The molecule has 0 aromatic heterocycles. The summed E-state index contributed by atoms with van der Waals surface area (Å²) in [4.78, 5) is 34.1. The van der Waals surface area contributed by atoms with Crippen molar-refractivity contribution in [2.45, 2.75) is 26.3 Å². The zero-order valence-corrected chi connectivity index (χ0v) is 13.1. The molecule has 2 amide bonds. The Balaban J connectivity index is 2.71. The molecule has 1 aromatic carbocycles. The Bertz CT molecular complexity index is 628. The van der Waals surface area contributed by atoms with E-state index < -0.39 is 17.8 Å². The molecule has 0 heterocycles. The van der Waals surface area contributed by atoms with Crippen LogP contribution in [0.2, 0.25) is 0 Å². The highest BCUT2D eigenvalue weighted by Gasteiger charge is 2.14. The van der Waals surface area contributed by atoms with Gasteiger partial charge in [0.05, 0.1) is 13.3 Å². The van der Waals surface area contributed by atoms with Crippen LogP contribution in [0.4, 0.5) is 0 Å². The standard InChI is InChI=1S/C15H19N3O5/c1-4-9(2)17-13(19)14(20)18-16-8-10-5-6-12(23-3)11(7-10)15(21)22/h5-9H,4H2,1-3H3,(H,17,19)(H,18,20)(H,21,22)/b16-8-/t9-/m0/s1. The Hall–Kier alpha value is -2.90. The number of carboxylic acids is 1. The topological polar surface area (TPSA) is 117 Å². The molecule has 1 atom stereocenters. The van der Waals surface area contributed by atoms with Crippen LogP contribution in [0.5, 0.6) is 5.75 Å². The van der Waals surface area contributed by atoms with Crippen molar-refractivity contribution in [2.75, 3.05) is 7.11 Å². The molecule has 8 nitrogen and oxygen atoms in total. The second-order valence-electron chi connectivity index (χ2n) is 4.75. The number of hydrogen-bond donors (Lipinski definition) is 3. The zero-order chi connectivity index (χ0) is 17.4. The Morgan fingerprint density at radius 3 is 2.61 bits per heavy atom. The van der Waals surface area contributed by atoms with Crippen LogP contribution in [0.25, 0.3) is 0 Å². The summed E-state index contributed by atoms with van der Waals surface area (Å²) < 4.78 is 4.94. The Labute approximate surface area is 133 Å². The molecule has 23 heavy (non-hydrogen) atoms. The van der Waals surface area contributed by atoms with Gasteiger partial charge < -0.3 is 15.2 Å². The van der Waals surface area contributed by atoms with Gasteiger partial charge in [-0.3, -0.25) is 9.59 Å². The first-order valence-electron chi connectivity index (χ1n) is 6.94. The monoisotopic (exact) mass is 321 g/mol. The van der Waals surface area contributed by atoms with Gasteiger partial charge in [-0.2, -0.15) is 5.10 Å². The summed E-state index contributed by atoms with van der Waals surface area (Å²) in [5, 5.41) is 15.2. The van der Waals surface area contributed by atoms with Crippen LogP contribution in [0.3, 0.4) is 0 Å². The molecule has 0 aliphatic carbocycles. The minimum atomic E-state index is -1.14. The minimum absolute atomic E-state index is 0.0303. The Morgan fingerprint density at radius 2 is 2.04 bits per heavy atom. The lowest BCUT2D eigenvalue weighted by Gasteiger charge is -2.09. The van der Waals surface area contributed by atoms with Gasteiger partial charge in [0, 0.05) is 6.04 Å². The summed E-state index contributed by atoms with van der Waals surface area (Å²) in [6, 6.07) is 4.27. The van der Waals surface area contributed by atoms with E-state index in [4.69, 9.17) is 9.84 Å². The predicted molar refractivity (Wildman–Crippen MR) is 83.6 cm³/mol. The van der Waals surface area contributed by atoms with Gasteiger partial charge in [0.2, 0.25) is 0 Å². The molecule has 0 spiro atoms. The largest absolute Gasteiger partial charge is 0.496 e. The first-order chi connectivity index (χ1) is 10.9. The van der Waals surface area contributed by atoms with Crippen LogP contribution in [0.1, 0.15) is 36.2 Å². The lowest BCUT2D eigenvalue weighted by Crippen LogP contribution is -2.41. The number of amides is 2. The summed E-state index contributed by atoms with van der Waals surface area (Å²) in [6.07, 6.45) is 1.94. The van der Waals surface area contributed by atoms with Crippen molar-refractivity contribution in [3.63, 3.8) is 0 Å². The third kappa shape index (κ3) is 5.42. The molecule has 1 aromatic rings. The molecule has 0 radical (unpaired) electrons. The van der Waals surface area contributed by atoms with Crippen LogP contribution in [0.15, 0.2) is 23.3 Å². The van der Waals surface area contributed by atoms with E-state index in [0.29, 0.717) is 12.0 Å². The second-order valence-corrected chi connectivity index (χ2v) is 4.75. The fourth-order valence-electron chi connectivity index (χ4n) is 1.58. The van der Waals surface area contributed by atoms with Crippen LogP contribution in [-0.2, 0) is 9.59 Å². The average molecular weight is 321 g/mol. The van der Waals surface area contributed by atoms with E-state index in [1.807, 2.05) is 6.92 Å². The van der Waals surface area contributed by atoms with E-state index in [2.05, 4.69) is 15.8 Å². The number of carbonyl (C=O) groups is 3. The SMILES string of the molecule is CC[C@H](C)NC(=O)C(=O)N/N=C\c1ccc(OC)c(C(=O)O)c1. The van der Waals surface area contributed by atoms with Gasteiger partial charge in [0.25, 0.3) is 0 Å². The van der Waals surface area contributed by atoms with Crippen molar-refractivity contribution in [1.82, 2.24) is 10.7 Å². The quantitative estimate of drug-likeness (QED) is 0.406. The van der Waals surface area contributed by atoms with Crippen molar-refractivity contribution >= 4 is 24.0 Å². The van der Waals surface area contributed by atoms with Crippen molar-refractivity contribution in [1.29, 1.82) is 0 Å². The molecule has 124 valence electrons. The number of rotatable bonds is 6.